The quantitative estimate of drug-likeness (QED) is 0.706. The lowest BCUT2D eigenvalue weighted by atomic mass is 10.3. The number of rotatable bonds is 2. The molecule has 74 valence electrons. The van der Waals surface area contributed by atoms with Crippen molar-refractivity contribution in [2.24, 2.45) is 0 Å². The first-order valence-electron chi connectivity index (χ1n) is 3.44. The van der Waals surface area contributed by atoms with Crippen molar-refractivity contribution in [3.05, 3.63) is 22.6 Å². The Hall–Kier alpha value is -0.550. The average Bonchev–Trinajstić information content (AvgIpc) is 2.04. The number of hydrogen-bond acceptors (Lipinski definition) is 4. The number of halogens is 2. The van der Waals surface area contributed by atoms with Crippen LogP contribution in [-0.4, -0.2) is 23.7 Å². The van der Waals surface area contributed by atoms with Gasteiger partial charge in [-0.1, -0.05) is 23.4 Å². The van der Waals surface area contributed by atoms with Crippen LogP contribution < -0.4 is 5.32 Å². The van der Waals surface area contributed by atoms with Crippen molar-refractivity contribution in [1.29, 1.82) is 0 Å². The van der Waals surface area contributed by atoms with Gasteiger partial charge in [-0.15, -0.1) is 0 Å². The number of ether oxygens (including phenoxy) is 1. The van der Waals surface area contributed by atoms with Crippen LogP contribution in [0.25, 0.3) is 0 Å². The largest absolute Gasteiger partial charge is 0.503 e. The van der Waals surface area contributed by atoms with Gasteiger partial charge in [-0.25, -0.2) is 4.39 Å². The molecule has 13 heavy (non-hydrogen) atoms. The minimum absolute atomic E-state index is 0.0986. The van der Waals surface area contributed by atoms with Crippen molar-refractivity contribution in [3.8, 4) is 0 Å². The molecule has 0 aliphatic carbocycles. The highest BCUT2D eigenvalue weighted by atomic mass is 35.5. The van der Waals surface area contributed by atoms with Crippen molar-refractivity contribution in [2.75, 3.05) is 14.2 Å². The van der Waals surface area contributed by atoms with E-state index < -0.39 is 4.46 Å². The Bertz CT molecular complexity index is 278. The molecule has 0 aromatic carbocycles. The highest BCUT2D eigenvalue weighted by molar-refractivity contribution is 8.04. The Morgan fingerprint density at radius 3 is 2.85 bits per heavy atom. The van der Waals surface area contributed by atoms with Crippen LogP contribution in [0.5, 0.6) is 0 Å². The molecule has 6 heteroatoms. The maximum absolute atomic E-state index is 13.4. The maximum Gasteiger partial charge on any atom is 0.277 e. The topological polar surface area (TPSA) is 41.5 Å². The molecule has 1 aliphatic heterocycles. The highest BCUT2D eigenvalue weighted by Gasteiger charge is 2.39. The second-order valence-corrected chi connectivity index (χ2v) is 4.07. The molecule has 1 rings (SSSR count). The molecule has 0 spiro atoms. The van der Waals surface area contributed by atoms with E-state index in [9.17, 15) is 9.50 Å². The van der Waals surface area contributed by atoms with E-state index in [0.717, 1.165) is 11.8 Å². The minimum Gasteiger partial charge on any atom is -0.503 e. The van der Waals surface area contributed by atoms with Crippen LogP contribution >= 0.6 is 23.4 Å². The molecule has 0 amide bonds. The van der Waals surface area contributed by atoms with Gasteiger partial charge >= 0.3 is 0 Å². The van der Waals surface area contributed by atoms with Crippen LogP contribution in [-0.2, 0) is 4.74 Å². The predicted molar refractivity (Wildman–Crippen MR) is 51.1 cm³/mol. The van der Waals surface area contributed by atoms with Crippen LogP contribution in [0.2, 0.25) is 0 Å². The Labute approximate surface area is 84.6 Å². The van der Waals surface area contributed by atoms with E-state index in [2.05, 4.69) is 5.32 Å². The number of alkyl halides is 2. The third-order valence-corrected chi connectivity index (χ3v) is 2.83. The van der Waals surface area contributed by atoms with E-state index in [0.29, 0.717) is 0 Å². The SMILES string of the molecule is CNC1=C(O)C(OC)=CSC1(F)Cl. The van der Waals surface area contributed by atoms with E-state index in [1.54, 1.807) is 0 Å². The Kier molecular flexibility index (Phi) is 2.98. The van der Waals surface area contributed by atoms with Crippen molar-refractivity contribution in [1.82, 2.24) is 5.32 Å². The first kappa shape index (κ1) is 10.5. The van der Waals surface area contributed by atoms with Gasteiger partial charge in [0.25, 0.3) is 4.46 Å². The summed E-state index contributed by atoms with van der Waals surface area (Å²) in [4.78, 5) is 0. The van der Waals surface area contributed by atoms with E-state index in [1.807, 2.05) is 0 Å². The number of aliphatic hydroxyl groups is 1. The predicted octanol–water partition coefficient (Wildman–Crippen LogP) is 2.07. The number of nitrogens with one attached hydrogen (secondary N) is 1. The van der Waals surface area contributed by atoms with Gasteiger partial charge in [0.15, 0.2) is 11.5 Å². The molecule has 0 saturated heterocycles. The third kappa shape index (κ3) is 1.86. The summed E-state index contributed by atoms with van der Waals surface area (Å²) in [6.45, 7) is 0. The van der Waals surface area contributed by atoms with Gasteiger partial charge in [0.2, 0.25) is 0 Å². The minimum atomic E-state index is -2.15. The van der Waals surface area contributed by atoms with Gasteiger partial charge in [0.1, 0.15) is 5.70 Å². The summed E-state index contributed by atoms with van der Waals surface area (Å²) >= 11 is 6.19. The second kappa shape index (κ2) is 3.67. The lowest BCUT2D eigenvalue weighted by Crippen LogP contribution is -2.28. The smallest absolute Gasteiger partial charge is 0.277 e. The van der Waals surface area contributed by atoms with Gasteiger partial charge in [0, 0.05) is 12.5 Å². The summed E-state index contributed by atoms with van der Waals surface area (Å²) in [6.07, 6.45) is 0. The molecule has 1 aliphatic rings. The van der Waals surface area contributed by atoms with Gasteiger partial charge in [0.05, 0.1) is 7.11 Å². The van der Waals surface area contributed by atoms with Crippen molar-refractivity contribution in [2.45, 2.75) is 4.46 Å². The fourth-order valence-electron chi connectivity index (χ4n) is 0.912. The first-order valence-corrected chi connectivity index (χ1v) is 4.70. The molecule has 0 fully saturated rings. The molecule has 1 heterocycles. The van der Waals surface area contributed by atoms with Crippen LogP contribution in [0.3, 0.4) is 0 Å². The summed E-state index contributed by atoms with van der Waals surface area (Å²) < 4.78 is 16.1. The lowest BCUT2D eigenvalue weighted by molar-refractivity contribution is 0.246. The van der Waals surface area contributed by atoms with Gasteiger partial charge < -0.3 is 15.2 Å². The standard InChI is InChI=1S/C7H9ClFNO2S/c1-10-6-5(11)4(12-2)3-13-7(6,8)9/h3,10-11H,1-2H3. The van der Waals surface area contributed by atoms with E-state index in [-0.39, 0.29) is 17.2 Å². The zero-order chi connectivity index (χ0) is 10.1. The molecule has 0 bridgehead atoms. The molecule has 0 saturated carbocycles. The lowest BCUT2D eigenvalue weighted by Gasteiger charge is -2.24. The first-order chi connectivity index (χ1) is 6.03. The zero-order valence-corrected chi connectivity index (χ0v) is 8.67. The monoisotopic (exact) mass is 225 g/mol. The van der Waals surface area contributed by atoms with E-state index in [4.69, 9.17) is 16.3 Å². The number of methoxy groups -OCH3 is 1. The molecule has 0 aromatic heterocycles. The number of aliphatic hydroxyl groups excluding tert-OH is 1. The molecule has 2 N–H and O–H groups in total. The van der Waals surface area contributed by atoms with E-state index >= 15 is 0 Å². The normalized spacial score (nSPS) is 28.5. The number of hydrogen-bond donors (Lipinski definition) is 2. The zero-order valence-electron chi connectivity index (χ0n) is 7.10. The molecular weight excluding hydrogens is 217 g/mol. The summed E-state index contributed by atoms with van der Waals surface area (Å²) in [7, 11) is 2.86. The highest BCUT2D eigenvalue weighted by Crippen LogP contribution is 2.44. The Balaban J connectivity index is 3.08. The molecule has 1 unspecified atom stereocenters. The summed E-state index contributed by atoms with van der Waals surface area (Å²) in [6, 6.07) is 0. The second-order valence-electron chi connectivity index (χ2n) is 2.29. The maximum atomic E-state index is 13.4. The van der Waals surface area contributed by atoms with E-state index in [1.165, 1.54) is 19.6 Å². The van der Waals surface area contributed by atoms with Gasteiger partial charge in [-0.3, -0.25) is 0 Å². The van der Waals surface area contributed by atoms with Gasteiger partial charge in [-0.05, 0) is 0 Å². The summed E-state index contributed by atoms with van der Waals surface area (Å²) in [5, 5.41) is 13.3. The van der Waals surface area contributed by atoms with Crippen LogP contribution in [0.1, 0.15) is 0 Å². The van der Waals surface area contributed by atoms with Crippen LogP contribution in [0.15, 0.2) is 22.6 Å². The summed E-state index contributed by atoms with van der Waals surface area (Å²) in [5.41, 5.74) is -0.0986. The van der Waals surface area contributed by atoms with Crippen LogP contribution in [0.4, 0.5) is 4.39 Å². The Morgan fingerprint density at radius 2 is 2.38 bits per heavy atom. The molecule has 0 radical (unpaired) electrons. The number of thioether (sulfide) groups is 1. The fraction of sp³-hybridized carbons (Fsp3) is 0.429. The van der Waals surface area contributed by atoms with Crippen LogP contribution in [0, 0.1) is 0 Å². The van der Waals surface area contributed by atoms with Crippen molar-refractivity contribution >= 4 is 23.4 Å². The third-order valence-electron chi connectivity index (χ3n) is 1.55. The van der Waals surface area contributed by atoms with Crippen molar-refractivity contribution in [3.63, 3.8) is 0 Å². The average molecular weight is 226 g/mol. The Morgan fingerprint density at radius 1 is 1.77 bits per heavy atom. The van der Waals surface area contributed by atoms with Crippen molar-refractivity contribution < 1.29 is 14.2 Å². The van der Waals surface area contributed by atoms with Gasteiger partial charge in [-0.2, -0.15) is 0 Å². The molecular formula is C7H9ClFNO2S. The fourth-order valence-corrected chi connectivity index (χ4v) is 2.01. The molecule has 1 atom stereocenters. The summed E-state index contributed by atoms with van der Waals surface area (Å²) in [5.74, 6) is -0.107. The molecule has 0 aromatic rings. The molecule has 3 nitrogen and oxygen atoms in total.